The van der Waals surface area contributed by atoms with E-state index in [9.17, 15) is 8.78 Å². The summed E-state index contributed by atoms with van der Waals surface area (Å²) in [5, 5.41) is 0.817. The van der Waals surface area contributed by atoms with Crippen molar-refractivity contribution in [3.8, 4) is 22.1 Å². The molecular weight excluding hydrogens is 374 g/mol. The third-order valence-corrected chi connectivity index (χ3v) is 3.52. The van der Waals surface area contributed by atoms with Crippen LogP contribution in [0.4, 0.5) is 13.9 Å². The largest absolute Gasteiger partial charge is 0.444 e. The molecule has 7 heteroatoms. The van der Waals surface area contributed by atoms with Gasteiger partial charge >= 0.3 is 0 Å². The number of nitrogens with two attached hydrogens (primary N) is 1. The van der Waals surface area contributed by atoms with Crippen LogP contribution in [-0.2, 0) is 0 Å². The first-order valence-corrected chi connectivity index (χ1v) is 6.89. The quantitative estimate of drug-likeness (QED) is 0.687. The number of nitrogens with zero attached hydrogens (tertiary/aromatic N) is 1. The van der Waals surface area contributed by atoms with Gasteiger partial charge in [0.2, 0.25) is 5.06 Å². The van der Waals surface area contributed by atoms with Crippen molar-refractivity contribution in [3.05, 3.63) is 60.2 Å². The van der Waals surface area contributed by atoms with Crippen molar-refractivity contribution in [2.75, 3.05) is 5.73 Å². The Morgan fingerprint density at radius 2 is 1.45 bits per heavy atom. The fourth-order valence-corrected chi connectivity index (χ4v) is 2.52. The highest BCUT2D eigenvalue weighted by Gasteiger charge is 2.14. The maximum Gasteiger partial charge on any atom is 0.210 e. The van der Waals surface area contributed by atoms with E-state index in [0.717, 1.165) is 0 Å². The van der Waals surface area contributed by atoms with E-state index in [2.05, 4.69) is 4.98 Å². The van der Waals surface area contributed by atoms with Gasteiger partial charge in [-0.2, -0.15) is 0 Å². The van der Waals surface area contributed by atoms with Crippen molar-refractivity contribution in [2.24, 2.45) is 0 Å². The van der Waals surface area contributed by atoms with Crippen molar-refractivity contribution in [2.45, 2.75) is 0 Å². The average Bonchev–Trinajstić information content (AvgIpc) is 2.83. The Bertz CT molecular complexity index is 760. The molecule has 0 fully saturated rings. The van der Waals surface area contributed by atoms with Crippen LogP contribution in [0, 0.1) is 11.6 Å². The van der Waals surface area contributed by atoms with Gasteiger partial charge in [0.15, 0.2) is 5.13 Å². The van der Waals surface area contributed by atoms with Crippen LogP contribution in [0.2, 0.25) is 0 Å². The fraction of sp³-hybridized carbons (Fsp3) is 0. The molecule has 2 N–H and O–H groups in total. The molecule has 1 aromatic heterocycles. The molecule has 0 bridgehead atoms. The zero-order chi connectivity index (χ0) is 14.8. The van der Waals surface area contributed by atoms with Crippen molar-refractivity contribution in [1.82, 2.24) is 4.98 Å². The van der Waals surface area contributed by atoms with Crippen LogP contribution in [0.1, 0.15) is 0 Å². The molecule has 114 valence electrons. The summed E-state index contributed by atoms with van der Waals surface area (Å²) in [6, 6.07) is 11.5. The molecule has 3 aromatic rings. The summed E-state index contributed by atoms with van der Waals surface area (Å²) < 4.78 is 31.6. The molecule has 0 saturated heterocycles. The van der Waals surface area contributed by atoms with Crippen LogP contribution in [0.15, 0.2) is 48.5 Å². The Labute approximate surface area is 140 Å². The van der Waals surface area contributed by atoms with E-state index in [1.807, 2.05) is 0 Å². The molecule has 0 aliphatic heterocycles. The Balaban J connectivity index is 0.00000176. The predicted molar refractivity (Wildman–Crippen MR) is 88.7 cm³/mol. The van der Waals surface area contributed by atoms with E-state index in [4.69, 9.17) is 10.5 Å². The van der Waals surface area contributed by atoms with E-state index >= 15 is 0 Å². The van der Waals surface area contributed by atoms with E-state index in [0.29, 0.717) is 27.2 Å². The van der Waals surface area contributed by atoms with E-state index in [1.54, 1.807) is 12.1 Å². The summed E-state index contributed by atoms with van der Waals surface area (Å²) in [4.78, 5) is 4.20. The van der Waals surface area contributed by atoms with E-state index in [1.165, 1.54) is 47.7 Å². The molecular formula is C15H11BrF2N2OS. The van der Waals surface area contributed by atoms with Crippen molar-refractivity contribution >= 4 is 33.4 Å². The molecule has 0 aliphatic rings. The highest BCUT2D eigenvalue weighted by molar-refractivity contribution is 8.93. The van der Waals surface area contributed by atoms with Gasteiger partial charge in [0.1, 0.15) is 23.1 Å². The SMILES string of the molecule is Br.Nc1nc(-c2ccc(F)cc2)c(Oc2ccc(F)cc2)s1. The molecule has 0 spiro atoms. The first kappa shape index (κ1) is 16.4. The minimum atomic E-state index is -0.343. The molecule has 0 radical (unpaired) electrons. The van der Waals surface area contributed by atoms with Crippen LogP contribution in [0.25, 0.3) is 11.3 Å². The standard InChI is InChI=1S/C15H10F2N2OS.BrH/c16-10-3-1-9(2-4-10)13-14(21-15(18)19-13)20-12-7-5-11(17)6-8-12;/h1-8H,(H2,18,19);1H. The normalized spacial score (nSPS) is 10.1. The fourth-order valence-electron chi connectivity index (χ4n) is 1.79. The first-order valence-electron chi connectivity index (χ1n) is 6.07. The lowest BCUT2D eigenvalue weighted by Crippen LogP contribution is -1.87. The number of hydrogen-bond acceptors (Lipinski definition) is 4. The molecule has 0 aliphatic carbocycles. The summed E-state index contributed by atoms with van der Waals surface area (Å²) in [7, 11) is 0. The maximum absolute atomic E-state index is 13.0. The first-order chi connectivity index (χ1) is 10.1. The van der Waals surface area contributed by atoms with Gasteiger partial charge in [-0.1, -0.05) is 11.3 Å². The van der Waals surface area contributed by atoms with Gasteiger partial charge < -0.3 is 10.5 Å². The van der Waals surface area contributed by atoms with Crippen molar-refractivity contribution < 1.29 is 13.5 Å². The lowest BCUT2D eigenvalue weighted by Gasteiger charge is -2.05. The summed E-state index contributed by atoms with van der Waals surface area (Å²) in [6.45, 7) is 0. The third-order valence-electron chi connectivity index (χ3n) is 2.75. The predicted octanol–water partition coefficient (Wildman–Crippen LogP) is 5.04. The number of anilines is 1. The van der Waals surface area contributed by atoms with Crippen LogP contribution in [-0.4, -0.2) is 4.98 Å². The molecule has 0 unspecified atom stereocenters. The van der Waals surface area contributed by atoms with Crippen LogP contribution >= 0.6 is 28.3 Å². The van der Waals surface area contributed by atoms with Gasteiger partial charge in [-0.05, 0) is 48.5 Å². The summed E-state index contributed by atoms with van der Waals surface area (Å²) in [5.41, 5.74) is 6.94. The Morgan fingerprint density at radius 1 is 0.909 bits per heavy atom. The molecule has 1 heterocycles. The number of rotatable bonds is 3. The number of benzene rings is 2. The smallest absolute Gasteiger partial charge is 0.210 e. The monoisotopic (exact) mass is 384 g/mol. The van der Waals surface area contributed by atoms with Gasteiger partial charge in [0, 0.05) is 5.56 Å². The molecule has 3 rings (SSSR count). The number of thiazole rings is 1. The van der Waals surface area contributed by atoms with Gasteiger partial charge in [0.25, 0.3) is 0 Å². The zero-order valence-corrected chi connectivity index (χ0v) is 13.7. The number of hydrogen-bond donors (Lipinski definition) is 1. The average molecular weight is 385 g/mol. The Morgan fingerprint density at radius 3 is 2.05 bits per heavy atom. The molecule has 0 atom stereocenters. The number of aromatic nitrogens is 1. The zero-order valence-electron chi connectivity index (χ0n) is 11.1. The Kier molecular flexibility index (Phi) is 5.10. The van der Waals surface area contributed by atoms with Crippen LogP contribution in [0.3, 0.4) is 0 Å². The molecule has 0 saturated carbocycles. The number of halogens is 3. The highest BCUT2D eigenvalue weighted by Crippen LogP contribution is 2.39. The molecule has 3 nitrogen and oxygen atoms in total. The number of nitrogen functional groups attached to an aromatic ring is 1. The van der Waals surface area contributed by atoms with Gasteiger partial charge in [-0.15, -0.1) is 17.0 Å². The van der Waals surface area contributed by atoms with Crippen molar-refractivity contribution in [3.63, 3.8) is 0 Å². The topological polar surface area (TPSA) is 48.1 Å². The number of ether oxygens (including phenoxy) is 1. The van der Waals surface area contributed by atoms with Gasteiger partial charge in [-0.25, -0.2) is 13.8 Å². The molecule has 2 aromatic carbocycles. The van der Waals surface area contributed by atoms with Gasteiger partial charge in [0.05, 0.1) is 0 Å². The second-order valence-corrected chi connectivity index (χ2v) is 5.24. The molecule has 22 heavy (non-hydrogen) atoms. The second kappa shape index (κ2) is 6.85. The van der Waals surface area contributed by atoms with Crippen molar-refractivity contribution in [1.29, 1.82) is 0 Å². The Hall–Kier alpha value is -1.99. The minimum Gasteiger partial charge on any atom is -0.444 e. The van der Waals surface area contributed by atoms with Crippen LogP contribution in [0.5, 0.6) is 10.8 Å². The van der Waals surface area contributed by atoms with Crippen LogP contribution < -0.4 is 10.5 Å². The van der Waals surface area contributed by atoms with E-state index < -0.39 is 0 Å². The lowest BCUT2D eigenvalue weighted by molar-refractivity contribution is 0.494. The lowest BCUT2D eigenvalue weighted by atomic mass is 10.2. The summed E-state index contributed by atoms with van der Waals surface area (Å²) >= 11 is 1.17. The maximum atomic E-state index is 13.0. The molecule has 0 amide bonds. The second-order valence-electron chi connectivity index (χ2n) is 4.25. The third kappa shape index (κ3) is 3.61. The van der Waals surface area contributed by atoms with E-state index in [-0.39, 0.29) is 28.6 Å². The van der Waals surface area contributed by atoms with Gasteiger partial charge in [-0.3, -0.25) is 0 Å². The highest BCUT2D eigenvalue weighted by atomic mass is 79.9. The summed E-state index contributed by atoms with van der Waals surface area (Å²) in [6.07, 6.45) is 0. The summed E-state index contributed by atoms with van der Waals surface area (Å²) in [5.74, 6) is -0.198. The minimum absolute atomic E-state index is 0.